The van der Waals surface area contributed by atoms with Gasteiger partial charge in [0, 0.05) is 17.7 Å². The molecule has 310 valence electrons. The van der Waals surface area contributed by atoms with E-state index in [9.17, 15) is 63.4 Å². The van der Waals surface area contributed by atoms with Crippen molar-refractivity contribution in [1.29, 1.82) is 0 Å². The summed E-state index contributed by atoms with van der Waals surface area (Å²) in [5, 5.41) is 92.8. The number of carbonyl (C=O) groups is 2. The molecule has 23 nitrogen and oxygen atoms in total. The predicted octanol–water partition coefficient (Wildman–Crippen LogP) is -2.56. The largest absolute Gasteiger partial charge is 0.508 e. The average Bonchev–Trinajstić information content (AvgIpc) is 3.13. The molecule has 10 N–H and O–H groups in total. The predicted molar refractivity (Wildman–Crippen MR) is 176 cm³/mol. The maximum Gasteiger partial charge on any atom is 0.397 e. The van der Waals surface area contributed by atoms with E-state index in [1.165, 1.54) is 32.4 Å². The lowest BCUT2D eigenvalue weighted by atomic mass is 9.98. The molecule has 0 bridgehead atoms. The van der Waals surface area contributed by atoms with E-state index in [1.54, 1.807) is 0 Å². The van der Waals surface area contributed by atoms with Crippen LogP contribution >= 0.6 is 0 Å². The summed E-state index contributed by atoms with van der Waals surface area (Å²) >= 11 is 0. The van der Waals surface area contributed by atoms with Crippen LogP contribution in [-0.2, 0) is 43.1 Å². The molecule has 3 aliphatic rings. The summed E-state index contributed by atoms with van der Waals surface area (Å²) in [6, 6.07) is 4.63. The molecule has 3 heterocycles. The van der Waals surface area contributed by atoms with E-state index >= 15 is 0 Å². The van der Waals surface area contributed by atoms with Gasteiger partial charge in [-0.2, -0.15) is 8.42 Å². The number of ether oxygens (including phenoxy) is 8. The Balaban J connectivity index is 1.58. The number of methoxy groups -OCH3 is 2. The Morgan fingerprint density at radius 1 is 0.804 bits per heavy atom. The topological polar surface area (TPSA) is 354 Å². The van der Waals surface area contributed by atoms with Gasteiger partial charge in [0.1, 0.15) is 78.8 Å². The zero-order valence-electron chi connectivity index (χ0n) is 29.0. The van der Waals surface area contributed by atoms with Crippen LogP contribution in [0.3, 0.4) is 0 Å². The standard InChI is InChI=1S/C32H38O23S/c1-47-16-3-11(4-17(48-2)23(16)38)29-18(52-31-28(43)26(41)24(39)19(9-33)53-31)7-13-14(50-29)5-12(34)6-15(13)51-32-30(55-56(44,45)46)27(42)25(40)20(54-32)10-49-22(37)8-21(35)36/h3-7,19-20,24-34,38-43H,8-10H2,1-2H3,(H,35,36)(H,44,45,46). The molecule has 2 aromatic rings. The number of phenolic OH excluding ortho intramolecular Hbond substituents is 2. The number of esters is 1. The van der Waals surface area contributed by atoms with Crippen molar-refractivity contribution in [3.63, 3.8) is 0 Å². The summed E-state index contributed by atoms with van der Waals surface area (Å²) in [4.78, 5) is 22.7. The van der Waals surface area contributed by atoms with E-state index in [0.29, 0.717) is 0 Å². The van der Waals surface area contributed by atoms with Gasteiger partial charge in [-0.15, -0.1) is 0 Å². The summed E-state index contributed by atoms with van der Waals surface area (Å²) < 4.78 is 81.9. The number of aromatic hydroxyl groups is 2. The first-order valence-electron chi connectivity index (χ1n) is 16.2. The van der Waals surface area contributed by atoms with Gasteiger partial charge in [-0.3, -0.25) is 14.1 Å². The number of carboxylic acids is 1. The molecule has 2 saturated heterocycles. The number of phenols is 2. The Kier molecular flexibility index (Phi) is 13.0. The molecule has 24 heteroatoms. The van der Waals surface area contributed by atoms with Gasteiger partial charge in [0.25, 0.3) is 0 Å². The van der Waals surface area contributed by atoms with Crippen LogP contribution in [0.4, 0.5) is 0 Å². The lowest BCUT2D eigenvalue weighted by molar-refractivity contribution is -0.293. The highest BCUT2D eigenvalue weighted by Crippen LogP contribution is 2.48. The number of fused-ring (bicyclic) bond motifs is 1. The summed E-state index contributed by atoms with van der Waals surface area (Å²) in [5.41, 5.74) is -0.0194. The second kappa shape index (κ2) is 17.2. The molecule has 2 fully saturated rings. The van der Waals surface area contributed by atoms with Crippen LogP contribution < -0.4 is 18.9 Å². The fourth-order valence-corrected chi connectivity index (χ4v) is 6.36. The van der Waals surface area contributed by atoms with Gasteiger partial charge in [-0.25, -0.2) is 4.18 Å². The van der Waals surface area contributed by atoms with Crippen LogP contribution in [0.15, 0.2) is 30.0 Å². The molecule has 0 aromatic heterocycles. The Morgan fingerprint density at radius 2 is 1.43 bits per heavy atom. The minimum absolute atomic E-state index is 0.107. The van der Waals surface area contributed by atoms with Crippen molar-refractivity contribution in [1.82, 2.24) is 0 Å². The molecule has 2 aromatic carbocycles. The summed E-state index contributed by atoms with van der Waals surface area (Å²) in [6.45, 7) is -1.72. The van der Waals surface area contributed by atoms with Gasteiger partial charge in [0.05, 0.1) is 26.4 Å². The van der Waals surface area contributed by atoms with E-state index in [2.05, 4.69) is 4.18 Å². The second-order valence-electron chi connectivity index (χ2n) is 12.4. The number of carboxylic acid groups (broad SMARTS) is 1. The molecule has 11 unspecified atom stereocenters. The summed E-state index contributed by atoms with van der Waals surface area (Å²) in [7, 11) is -2.92. The molecule has 0 amide bonds. The van der Waals surface area contributed by atoms with Crippen molar-refractivity contribution in [2.45, 2.75) is 73.9 Å². The quantitative estimate of drug-likeness (QED) is 0.0532. The van der Waals surface area contributed by atoms with Crippen molar-refractivity contribution in [3.8, 4) is 34.5 Å². The highest BCUT2D eigenvalue weighted by atomic mass is 32.3. The first-order valence-corrected chi connectivity index (χ1v) is 17.6. The van der Waals surface area contributed by atoms with Crippen molar-refractivity contribution in [2.75, 3.05) is 27.4 Å². The van der Waals surface area contributed by atoms with Crippen LogP contribution in [0, 0.1) is 0 Å². The van der Waals surface area contributed by atoms with Crippen molar-refractivity contribution in [2.24, 2.45) is 0 Å². The van der Waals surface area contributed by atoms with Gasteiger partial charge in [0.2, 0.25) is 18.3 Å². The zero-order valence-corrected chi connectivity index (χ0v) is 29.9. The molecule has 0 radical (unpaired) electrons. The number of rotatable bonds is 14. The van der Waals surface area contributed by atoms with Gasteiger partial charge in [0.15, 0.2) is 23.7 Å². The molecule has 5 rings (SSSR count). The second-order valence-corrected chi connectivity index (χ2v) is 13.4. The monoisotopic (exact) mass is 822 g/mol. The normalized spacial score (nSPS) is 30.2. The highest BCUT2D eigenvalue weighted by molar-refractivity contribution is 7.80. The van der Waals surface area contributed by atoms with E-state index in [1.807, 2.05) is 0 Å². The number of aliphatic carboxylic acids is 1. The third-order valence-corrected chi connectivity index (χ3v) is 9.07. The Hall–Kier alpha value is -4.73. The molecule has 0 aliphatic carbocycles. The lowest BCUT2D eigenvalue weighted by Gasteiger charge is -2.42. The maximum absolute atomic E-state index is 11.9. The smallest absolute Gasteiger partial charge is 0.397 e. The zero-order chi connectivity index (χ0) is 41.2. The van der Waals surface area contributed by atoms with E-state index in [4.69, 9.17) is 43.0 Å². The van der Waals surface area contributed by atoms with Crippen LogP contribution in [0.25, 0.3) is 6.08 Å². The van der Waals surface area contributed by atoms with Crippen LogP contribution in [0.2, 0.25) is 0 Å². The van der Waals surface area contributed by atoms with Gasteiger partial charge >= 0.3 is 22.3 Å². The molecular formula is C32H38O23S. The SMILES string of the molecule is COc1cc(C2Oc3cc(O)cc(OC4OC(COC(=O)CC(=O)O)C(O)C(O)C4OS(=O)(=O)O)c3C=C2OC2OC(CO)C(O)C(O)C2O)cc(OC)c1O. The highest BCUT2D eigenvalue weighted by Gasteiger charge is 2.50. The van der Waals surface area contributed by atoms with Crippen molar-refractivity contribution >= 4 is 28.4 Å². The van der Waals surface area contributed by atoms with Gasteiger partial charge in [-0.05, 0) is 18.2 Å². The third kappa shape index (κ3) is 9.27. The number of benzene rings is 2. The third-order valence-electron chi connectivity index (χ3n) is 8.61. The number of carbonyl (C=O) groups excluding carboxylic acids is 1. The van der Waals surface area contributed by atoms with Crippen molar-refractivity contribution in [3.05, 3.63) is 41.2 Å². The number of aliphatic hydroxyl groups excluding tert-OH is 6. The van der Waals surface area contributed by atoms with Crippen molar-refractivity contribution < 1.29 is 111 Å². The van der Waals surface area contributed by atoms with E-state index in [0.717, 1.165) is 12.1 Å². The first kappa shape index (κ1) is 42.4. The molecular weight excluding hydrogens is 784 g/mol. The fraction of sp³-hybridized carbons (Fsp3) is 0.500. The average molecular weight is 823 g/mol. The van der Waals surface area contributed by atoms with E-state index < -0.39 is 127 Å². The molecule has 11 atom stereocenters. The van der Waals surface area contributed by atoms with Crippen LogP contribution in [-0.4, -0.2) is 160 Å². The number of hydrogen-bond acceptors (Lipinski definition) is 21. The molecule has 0 saturated carbocycles. The van der Waals surface area contributed by atoms with Crippen LogP contribution in [0.5, 0.6) is 34.5 Å². The Labute approximate surface area is 315 Å². The first-order chi connectivity index (χ1) is 26.3. The fourth-order valence-electron chi connectivity index (χ4n) is 5.88. The molecule has 3 aliphatic heterocycles. The van der Waals surface area contributed by atoms with Gasteiger partial charge in [-0.1, -0.05) is 0 Å². The van der Waals surface area contributed by atoms with E-state index in [-0.39, 0.29) is 34.1 Å². The number of hydrogen-bond donors (Lipinski definition) is 10. The summed E-state index contributed by atoms with van der Waals surface area (Å²) in [5.74, 6) is -4.96. The summed E-state index contributed by atoms with van der Waals surface area (Å²) in [6.07, 6.45) is -20.6. The van der Waals surface area contributed by atoms with Gasteiger partial charge < -0.3 is 83.9 Å². The minimum atomic E-state index is -5.41. The molecule has 0 spiro atoms. The Bertz CT molecular complexity index is 1870. The van der Waals surface area contributed by atoms with Crippen LogP contribution in [0.1, 0.15) is 23.7 Å². The molecule has 56 heavy (non-hydrogen) atoms. The maximum atomic E-state index is 11.9. The Morgan fingerprint density at radius 3 is 2.02 bits per heavy atom. The minimum Gasteiger partial charge on any atom is -0.508 e. The number of aliphatic hydroxyl groups is 6. The lowest BCUT2D eigenvalue weighted by Crippen LogP contribution is -2.61.